The molecular formula is C18H22O6. The maximum atomic E-state index is 13.2. The third-order valence-electron chi connectivity index (χ3n) is 4.51. The fourth-order valence-electron chi connectivity index (χ4n) is 3.20. The Morgan fingerprint density at radius 1 is 1.04 bits per heavy atom. The van der Waals surface area contributed by atoms with Crippen molar-refractivity contribution in [2.24, 2.45) is 5.41 Å². The van der Waals surface area contributed by atoms with Crippen LogP contribution in [-0.2, 0) is 9.53 Å². The van der Waals surface area contributed by atoms with E-state index < -0.39 is 11.4 Å². The van der Waals surface area contributed by atoms with Gasteiger partial charge in [0.2, 0.25) is 0 Å². The molecule has 0 N–H and O–H groups in total. The van der Waals surface area contributed by atoms with Crippen LogP contribution in [0.3, 0.4) is 0 Å². The summed E-state index contributed by atoms with van der Waals surface area (Å²) in [7, 11) is 5.78. The van der Waals surface area contributed by atoms with Gasteiger partial charge in [-0.3, -0.25) is 9.59 Å². The first kappa shape index (κ1) is 17.8. The molecule has 1 atom stereocenters. The Hall–Kier alpha value is -2.50. The largest absolute Gasteiger partial charge is 0.496 e. The second-order valence-electron chi connectivity index (χ2n) is 5.49. The molecule has 0 bridgehead atoms. The van der Waals surface area contributed by atoms with E-state index >= 15 is 0 Å². The molecule has 1 aliphatic rings. The van der Waals surface area contributed by atoms with Crippen molar-refractivity contribution in [3.63, 3.8) is 0 Å². The molecule has 0 unspecified atom stereocenters. The number of rotatable bonds is 5. The van der Waals surface area contributed by atoms with Crippen LogP contribution in [0, 0.1) is 12.3 Å². The third kappa shape index (κ3) is 2.25. The summed E-state index contributed by atoms with van der Waals surface area (Å²) < 4.78 is 21.2. The smallest absolute Gasteiger partial charge is 0.323 e. The third-order valence-corrected chi connectivity index (χ3v) is 4.51. The highest BCUT2D eigenvalue weighted by Gasteiger charge is 2.48. The Bertz CT molecular complexity index is 719. The van der Waals surface area contributed by atoms with Gasteiger partial charge in [-0.05, 0) is 13.3 Å². The number of ether oxygens (including phenoxy) is 4. The van der Waals surface area contributed by atoms with E-state index in [-0.39, 0.29) is 12.2 Å². The lowest BCUT2D eigenvalue weighted by Gasteiger charge is -2.31. The molecule has 0 radical (unpaired) electrons. The first-order valence-electron chi connectivity index (χ1n) is 7.58. The summed E-state index contributed by atoms with van der Waals surface area (Å²) in [5.41, 5.74) is 0.118. The molecule has 0 spiro atoms. The van der Waals surface area contributed by atoms with E-state index in [0.717, 1.165) is 0 Å². The van der Waals surface area contributed by atoms with Crippen LogP contribution in [-0.4, -0.2) is 40.2 Å². The van der Waals surface area contributed by atoms with Crippen LogP contribution >= 0.6 is 0 Å². The molecule has 1 aliphatic carbocycles. The van der Waals surface area contributed by atoms with Crippen molar-refractivity contribution >= 4 is 17.8 Å². The van der Waals surface area contributed by atoms with Gasteiger partial charge in [0.15, 0.2) is 17.3 Å². The SMILES string of the molecule is CC[C@@]1(C(=O)OC)C=Cc2c(OC)c(OC)c(C)c(OC)c2C1=O. The molecule has 0 amide bonds. The summed E-state index contributed by atoms with van der Waals surface area (Å²) in [6, 6.07) is 0. The number of fused-ring (bicyclic) bond motifs is 1. The highest BCUT2D eigenvalue weighted by atomic mass is 16.5. The normalized spacial score (nSPS) is 18.8. The lowest BCUT2D eigenvalue weighted by atomic mass is 9.72. The van der Waals surface area contributed by atoms with Crippen LogP contribution < -0.4 is 14.2 Å². The Morgan fingerprint density at radius 2 is 1.62 bits per heavy atom. The molecule has 0 saturated carbocycles. The van der Waals surface area contributed by atoms with Crippen molar-refractivity contribution in [3.8, 4) is 17.2 Å². The molecule has 6 heteroatoms. The van der Waals surface area contributed by atoms with Gasteiger partial charge in [0.1, 0.15) is 11.2 Å². The summed E-state index contributed by atoms with van der Waals surface area (Å²) in [5.74, 6) is 0.345. The van der Waals surface area contributed by atoms with E-state index in [9.17, 15) is 9.59 Å². The topological polar surface area (TPSA) is 71.1 Å². The maximum Gasteiger partial charge on any atom is 0.323 e. The Labute approximate surface area is 141 Å². The van der Waals surface area contributed by atoms with E-state index in [0.29, 0.717) is 33.9 Å². The van der Waals surface area contributed by atoms with Crippen molar-refractivity contribution in [3.05, 3.63) is 22.8 Å². The number of carbonyl (C=O) groups is 2. The Kier molecular flexibility index (Phi) is 4.87. The Balaban J connectivity index is 2.87. The standard InChI is InChI=1S/C18H22O6/c1-7-18(17(20)24-6)9-8-11-12(16(18)19)13(21-3)10(2)14(22-4)15(11)23-5/h8-9H,7H2,1-6H3/t18-/m1/s1. The van der Waals surface area contributed by atoms with Crippen LogP contribution in [0.1, 0.15) is 34.8 Å². The van der Waals surface area contributed by atoms with Crippen molar-refractivity contribution in [1.82, 2.24) is 0 Å². The number of esters is 1. The van der Waals surface area contributed by atoms with Gasteiger partial charge in [-0.1, -0.05) is 19.1 Å². The van der Waals surface area contributed by atoms with Crippen molar-refractivity contribution in [2.75, 3.05) is 28.4 Å². The van der Waals surface area contributed by atoms with Gasteiger partial charge in [0, 0.05) is 11.1 Å². The molecule has 0 fully saturated rings. The molecule has 0 heterocycles. The molecule has 24 heavy (non-hydrogen) atoms. The first-order chi connectivity index (χ1) is 11.4. The summed E-state index contributed by atoms with van der Waals surface area (Å²) in [4.78, 5) is 25.6. The fourth-order valence-corrected chi connectivity index (χ4v) is 3.20. The van der Waals surface area contributed by atoms with Crippen molar-refractivity contribution in [1.29, 1.82) is 0 Å². The minimum atomic E-state index is -1.36. The van der Waals surface area contributed by atoms with E-state index in [1.54, 1.807) is 26.0 Å². The summed E-state index contributed by atoms with van der Waals surface area (Å²) >= 11 is 0. The number of carbonyl (C=O) groups excluding carboxylic acids is 2. The lowest BCUT2D eigenvalue weighted by molar-refractivity contribution is -0.147. The molecule has 0 aliphatic heterocycles. The van der Waals surface area contributed by atoms with E-state index in [1.165, 1.54) is 28.4 Å². The summed E-state index contributed by atoms with van der Waals surface area (Å²) in [6.45, 7) is 3.54. The highest BCUT2D eigenvalue weighted by Crippen LogP contribution is 2.49. The molecule has 130 valence electrons. The maximum absolute atomic E-state index is 13.2. The van der Waals surface area contributed by atoms with Gasteiger partial charge < -0.3 is 18.9 Å². The molecule has 6 nitrogen and oxygen atoms in total. The van der Waals surface area contributed by atoms with Crippen LogP contribution in [0.15, 0.2) is 6.08 Å². The van der Waals surface area contributed by atoms with E-state index in [2.05, 4.69) is 0 Å². The molecule has 0 saturated heterocycles. The van der Waals surface area contributed by atoms with Gasteiger partial charge in [-0.15, -0.1) is 0 Å². The zero-order chi connectivity index (χ0) is 18.1. The molecule has 1 aromatic carbocycles. The molecule has 0 aromatic heterocycles. The van der Waals surface area contributed by atoms with Crippen LogP contribution in [0.4, 0.5) is 0 Å². The Morgan fingerprint density at radius 3 is 2.08 bits per heavy atom. The number of hydrogen-bond acceptors (Lipinski definition) is 6. The predicted molar refractivity (Wildman–Crippen MR) is 88.9 cm³/mol. The van der Waals surface area contributed by atoms with Crippen LogP contribution in [0.25, 0.3) is 6.08 Å². The zero-order valence-electron chi connectivity index (χ0n) is 14.8. The minimum absolute atomic E-state index is 0.283. The molecular weight excluding hydrogens is 312 g/mol. The predicted octanol–water partition coefficient (Wildman–Crippen LogP) is 2.80. The van der Waals surface area contributed by atoms with Gasteiger partial charge in [-0.2, -0.15) is 0 Å². The van der Waals surface area contributed by atoms with Gasteiger partial charge in [-0.25, -0.2) is 0 Å². The summed E-state index contributed by atoms with van der Waals surface area (Å²) in [6.07, 6.45) is 3.55. The quantitative estimate of drug-likeness (QED) is 0.609. The molecule has 1 aromatic rings. The minimum Gasteiger partial charge on any atom is -0.496 e. The van der Waals surface area contributed by atoms with Crippen molar-refractivity contribution in [2.45, 2.75) is 20.3 Å². The number of Topliss-reactive ketones (excluding diaryl/α,β-unsaturated/α-hetero) is 1. The van der Waals surface area contributed by atoms with Gasteiger partial charge >= 0.3 is 5.97 Å². The van der Waals surface area contributed by atoms with Crippen LogP contribution in [0.5, 0.6) is 17.2 Å². The average molecular weight is 334 g/mol. The second kappa shape index (κ2) is 6.55. The lowest BCUT2D eigenvalue weighted by Crippen LogP contribution is -2.40. The average Bonchev–Trinajstić information content (AvgIpc) is 2.61. The second-order valence-corrected chi connectivity index (χ2v) is 5.49. The van der Waals surface area contributed by atoms with Crippen LogP contribution in [0.2, 0.25) is 0 Å². The highest BCUT2D eigenvalue weighted by molar-refractivity contribution is 6.19. The summed E-state index contributed by atoms with van der Waals surface area (Å²) in [5, 5.41) is 0. The van der Waals surface area contributed by atoms with Gasteiger partial charge in [0.25, 0.3) is 0 Å². The monoisotopic (exact) mass is 334 g/mol. The zero-order valence-corrected chi connectivity index (χ0v) is 14.8. The molecule has 2 rings (SSSR count). The number of ketones is 1. The number of benzene rings is 1. The van der Waals surface area contributed by atoms with E-state index in [4.69, 9.17) is 18.9 Å². The first-order valence-corrected chi connectivity index (χ1v) is 7.58. The number of methoxy groups -OCH3 is 4. The fraction of sp³-hybridized carbons (Fsp3) is 0.444. The van der Waals surface area contributed by atoms with E-state index in [1.807, 2.05) is 0 Å². The van der Waals surface area contributed by atoms with Gasteiger partial charge in [0.05, 0.1) is 34.0 Å². The number of hydrogen-bond donors (Lipinski definition) is 0. The van der Waals surface area contributed by atoms with Crippen molar-refractivity contribution < 1.29 is 28.5 Å².